The van der Waals surface area contributed by atoms with E-state index < -0.39 is 35.5 Å². The van der Waals surface area contributed by atoms with Crippen molar-refractivity contribution in [3.05, 3.63) is 35.4 Å². The minimum Gasteiger partial charge on any atom is -0.443 e. The predicted octanol–water partition coefficient (Wildman–Crippen LogP) is 2.06. The summed E-state index contributed by atoms with van der Waals surface area (Å²) in [5.74, 6) is -1.45. The monoisotopic (exact) mass is 356 g/mol. The zero-order valence-electron chi connectivity index (χ0n) is 14.9. The topological polar surface area (TPSA) is 84.0 Å². The molecule has 1 saturated heterocycles. The Morgan fingerprint density at radius 1 is 1.08 bits per heavy atom. The number of ether oxygens (including phenoxy) is 1. The van der Waals surface area contributed by atoms with E-state index in [0.29, 0.717) is 17.5 Å². The van der Waals surface area contributed by atoms with Gasteiger partial charge in [-0.2, -0.15) is 0 Å². The molecule has 0 radical (unpaired) electrons. The van der Waals surface area contributed by atoms with E-state index in [1.807, 2.05) is 0 Å². The number of rotatable bonds is 1. The molecule has 0 N–H and O–H groups in total. The first kappa shape index (κ1) is 16.8. The van der Waals surface area contributed by atoms with Gasteiger partial charge >= 0.3 is 6.09 Å². The van der Waals surface area contributed by atoms with E-state index in [1.54, 1.807) is 45.0 Å². The Labute approximate surface area is 150 Å². The fourth-order valence-electron chi connectivity index (χ4n) is 3.78. The summed E-state index contributed by atoms with van der Waals surface area (Å²) < 4.78 is 5.32. The Morgan fingerprint density at radius 3 is 2.19 bits per heavy atom. The quantitative estimate of drug-likeness (QED) is 0.719. The molecular weight excluding hydrogens is 336 g/mol. The number of carbonyl (C=O) groups is 4. The van der Waals surface area contributed by atoms with Crippen LogP contribution in [0.4, 0.5) is 4.79 Å². The van der Waals surface area contributed by atoms with Crippen molar-refractivity contribution in [3.8, 4) is 0 Å². The number of benzene rings is 1. The number of nitrogens with zero attached hydrogens (tertiary/aromatic N) is 2. The maximum absolute atomic E-state index is 13.0. The van der Waals surface area contributed by atoms with Gasteiger partial charge in [-0.25, -0.2) is 9.69 Å². The van der Waals surface area contributed by atoms with Crippen molar-refractivity contribution in [2.24, 2.45) is 11.8 Å². The van der Waals surface area contributed by atoms with Crippen molar-refractivity contribution in [1.82, 2.24) is 9.80 Å². The number of hydrogen-bond donors (Lipinski definition) is 0. The molecule has 4 rings (SSSR count). The van der Waals surface area contributed by atoms with Gasteiger partial charge in [-0.1, -0.05) is 12.1 Å². The van der Waals surface area contributed by atoms with Crippen molar-refractivity contribution in [2.45, 2.75) is 38.8 Å². The van der Waals surface area contributed by atoms with Crippen LogP contribution in [0.2, 0.25) is 0 Å². The second-order valence-electron chi connectivity index (χ2n) is 8.06. The number of imide groups is 2. The summed E-state index contributed by atoms with van der Waals surface area (Å²) in [6.07, 6.45) is -0.0159. The van der Waals surface area contributed by atoms with Crippen LogP contribution in [0.1, 0.15) is 47.9 Å². The third kappa shape index (κ3) is 2.50. The lowest BCUT2D eigenvalue weighted by Gasteiger charge is -2.35. The molecule has 2 aliphatic heterocycles. The molecule has 0 aromatic heterocycles. The zero-order chi connectivity index (χ0) is 18.8. The second-order valence-corrected chi connectivity index (χ2v) is 8.06. The molecule has 0 unspecified atom stereocenters. The first-order chi connectivity index (χ1) is 12.2. The first-order valence-corrected chi connectivity index (χ1v) is 8.70. The van der Waals surface area contributed by atoms with Crippen LogP contribution in [0.3, 0.4) is 0 Å². The minimum absolute atomic E-state index is 0.0802. The molecule has 7 heteroatoms. The summed E-state index contributed by atoms with van der Waals surface area (Å²) in [6.45, 7) is 5.45. The zero-order valence-corrected chi connectivity index (χ0v) is 14.9. The first-order valence-electron chi connectivity index (χ1n) is 8.70. The molecule has 4 amide bonds. The van der Waals surface area contributed by atoms with Crippen molar-refractivity contribution in [3.63, 3.8) is 0 Å². The van der Waals surface area contributed by atoms with Gasteiger partial charge in [0.1, 0.15) is 11.6 Å². The number of hydrogen-bond acceptors (Lipinski definition) is 5. The Kier molecular flexibility index (Phi) is 3.48. The largest absolute Gasteiger partial charge is 0.443 e. The molecule has 136 valence electrons. The van der Waals surface area contributed by atoms with Crippen molar-refractivity contribution in [1.29, 1.82) is 0 Å². The summed E-state index contributed by atoms with van der Waals surface area (Å²) in [4.78, 5) is 53.0. The van der Waals surface area contributed by atoms with Crippen LogP contribution in [0.5, 0.6) is 0 Å². The number of likely N-dealkylation sites (tertiary alicyclic amines) is 1. The molecule has 2 heterocycles. The molecule has 1 saturated carbocycles. The smallest absolute Gasteiger partial charge is 0.417 e. The lowest BCUT2D eigenvalue weighted by atomic mass is 10.0. The van der Waals surface area contributed by atoms with Crippen molar-refractivity contribution in [2.75, 3.05) is 6.54 Å². The maximum Gasteiger partial charge on any atom is 0.417 e. The van der Waals surface area contributed by atoms with Gasteiger partial charge in [-0.05, 0) is 51.2 Å². The molecule has 0 bridgehead atoms. The van der Waals surface area contributed by atoms with E-state index in [-0.39, 0.29) is 18.4 Å². The van der Waals surface area contributed by atoms with Gasteiger partial charge in [0.25, 0.3) is 17.7 Å². The van der Waals surface area contributed by atoms with Crippen LogP contribution >= 0.6 is 0 Å². The lowest BCUT2D eigenvalue weighted by molar-refractivity contribution is -0.137. The lowest BCUT2D eigenvalue weighted by Crippen LogP contribution is -2.57. The van der Waals surface area contributed by atoms with E-state index in [1.165, 1.54) is 0 Å². The summed E-state index contributed by atoms with van der Waals surface area (Å²) >= 11 is 0. The highest BCUT2D eigenvalue weighted by Gasteiger charge is 2.59. The van der Waals surface area contributed by atoms with Crippen LogP contribution in [-0.2, 0) is 9.53 Å². The summed E-state index contributed by atoms with van der Waals surface area (Å²) in [7, 11) is 0. The average molecular weight is 356 g/mol. The van der Waals surface area contributed by atoms with E-state index in [0.717, 1.165) is 9.80 Å². The van der Waals surface area contributed by atoms with Gasteiger partial charge in [0.15, 0.2) is 0 Å². The predicted molar refractivity (Wildman–Crippen MR) is 90.3 cm³/mol. The molecule has 26 heavy (non-hydrogen) atoms. The Balaban J connectivity index is 1.63. The van der Waals surface area contributed by atoms with Crippen LogP contribution in [0.15, 0.2) is 24.3 Å². The summed E-state index contributed by atoms with van der Waals surface area (Å²) in [6, 6.07) is 5.60. The van der Waals surface area contributed by atoms with E-state index >= 15 is 0 Å². The Hall–Kier alpha value is -2.70. The third-order valence-corrected chi connectivity index (χ3v) is 5.04. The fraction of sp³-hybridized carbons (Fsp3) is 0.474. The van der Waals surface area contributed by atoms with Gasteiger partial charge in [0.05, 0.1) is 11.1 Å². The van der Waals surface area contributed by atoms with Gasteiger partial charge in [0, 0.05) is 6.54 Å². The standard InChI is InChI=1S/C19H20N2O5/c1-19(2,3)26-18(25)20-9-10-8-13(10)14(17(20)24)21-15(22)11-6-4-5-7-12(11)16(21)23/h4-7,10,13-14H,8-9H2,1-3H3/t10-,13-,14-/m0/s1. The molecule has 2 fully saturated rings. The third-order valence-electron chi connectivity index (χ3n) is 5.04. The van der Waals surface area contributed by atoms with Gasteiger partial charge < -0.3 is 4.74 Å². The van der Waals surface area contributed by atoms with Gasteiger partial charge in [0.2, 0.25) is 0 Å². The SMILES string of the molecule is CC(C)(C)OC(=O)N1C[C@@H]2C[C@@H]2[C@H](N2C(=O)c3ccccc3C2=O)C1=O. The Morgan fingerprint density at radius 2 is 1.65 bits per heavy atom. The number of amides is 4. The molecule has 1 aromatic carbocycles. The number of fused-ring (bicyclic) bond motifs is 2. The fourth-order valence-corrected chi connectivity index (χ4v) is 3.78. The normalized spacial score (nSPS) is 27.3. The van der Waals surface area contributed by atoms with Crippen molar-refractivity contribution < 1.29 is 23.9 Å². The molecule has 1 aromatic rings. The molecular formula is C19H20N2O5. The summed E-state index contributed by atoms with van der Waals surface area (Å²) in [5.41, 5.74) is -0.128. The highest BCUT2D eigenvalue weighted by molar-refractivity contribution is 6.23. The average Bonchev–Trinajstić information content (AvgIpc) is 3.29. The number of carbonyl (C=O) groups excluding carboxylic acids is 4. The second kappa shape index (κ2) is 5.40. The molecule has 7 nitrogen and oxygen atoms in total. The van der Waals surface area contributed by atoms with Crippen LogP contribution in [-0.4, -0.2) is 51.8 Å². The summed E-state index contributed by atoms with van der Waals surface area (Å²) in [5, 5.41) is 0. The minimum atomic E-state index is -0.936. The molecule has 3 aliphatic rings. The van der Waals surface area contributed by atoms with Crippen LogP contribution in [0, 0.1) is 11.8 Å². The van der Waals surface area contributed by atoms with E-state index in [2.05, 4.69) is 0 Å². The van der Waals surface area contributed by atoms with E-state index in [4.69, 9.17) is 4.74 Å². The number of piperidine rings is 1. The Bertz CT molecular complexity index is 806. The van der Waals surface area contributed by atoms with Crippen molar-refractivity contribution >= 4 is 23.8 Å². The van der Waals surface area contributed by atoms with Crippen LogP contribution < -0.4 is 0 Å². The highest BCUT2D eigenvalue weighted by Crippen LogP contribution is 2.49. The molecule has 1 aliphatic carbocycles. The highest BCUT2D eigenvalue weighted by atomic mass is 16.6. The maximum atomic E-state index is 13.0. The van der Waals surface area contributed by atoms with Gasteiger partial charge in [-0.15, -0.1) is 0 Å². The molecule has 0 spiro atoms. The van der Waals surface area contributed by atoms with Gasteiger partial charge in [-0.3, -0.25) is 19.3 Å². The van der Waals surface area contributed by atoms with Crippen LogP contribution in [0.25, 0.3) is 0 Å². The molecule has 3 atom stereocenters. The van der Waals surface area contributed by atoms with E-state index in [9.17, 15) is 19.2 Å².